The van der Waals surface area contributed by atoms with Crippen molar-refractivity contribution in [1.29, 1.82) is 0 Å². The molecular formula is C13H17N3O6S. The second-order valence-corrected chi connectivity index (χ2v) is 6.35. The number of nitrogens with one attached hydrogen (secondary N) is 2. The molecule has 1 heterocycles. The van der Waals surface area contributed by atoms with Gasteiger partial charge in [-0.1, -0.05) is 0 Å². The van der Waals surface area contributed by atoms with Crippen molar-refractivity contribution >= 4 is 22.0 Å². The summed E-state index contributed by atoms with van der Waals surface area (Å²) in [6, 6.07) is 3.77. The molecule has 1 aliphatic rings. The molecule has 23 heavy (non-hydrogen) atoms. The van der Waals surface area contributed by atoms with Gasteiger partial charge in [0.2, 0.25) is 15.9 Å². The third-order valence-corrected chi connectivity index (χ3v) is 4.73. The van der Waals surface area contributed by atoms with Crippen LogP contribution in [0.1, 0.15) is 0 Å². The summed E-state index contributed by atoms with van der Waals surface area (Å²) in [5.41, 5.74) is 0. The van der Waals surface area contributed by atoms with Gasteiger partial charge in [-0.2, -0.15) is 0 Å². The van der Waals surface area contributed by atoms with Crippen molar-refractivity contribution in [3.63, 3.8) is 0 Å². The molecule has 0 spiro atoms. The molecule has 0 aromatic heterocycles. The van der Waals surface area contributed by atoms with Gasteiger partial charge in [0.05, 0.1) is 20.8 Å². The van der Waals surface area contributed by atoms with E-state index in [4.69, 9.17) is 9.47 Å². The number of sulfonamides is 1. The first-order chi connectivity index (χ1) is 10.9. The van der Waals surface area contributed by atoms with Crippen LogP contribution in [0.25, 0.3) is 0 Å². The third kappa shape index (κ3) is 3.71. The number of hydrogen-bond donors (Lipinski definition) is 2. The lowest BCUT2D eigenvalue weighted by molar-refractivity contribution is -0.124. The molecule has 2 N–H and O–H groups in total. The van der Waals surface area contributed by atoms with Crippen molar-refractivity contribution in [3.05, 3.63) is 18.2 Å². The number of benzene rings is 1. The van der Waals surface area contributed by atoms with E-state index in [0.29, 0.717) is 5.75 Å². The van der Waals surface area contributed by atoms with Crippen LogP contribution in [0.15, 0.2) is 23.1 Å². The van der Waals surface area contributed by atoms with Gasteiger partial charge in [-0.3, -0.25) is 9.69 Å². The number of hydrogen-bond acceptors (Lipinski definition) is 6. The molecule has 0 atom stereocenters. The Bertz CT molecular complexity index is 702. The molecule has 0 radical (unpaired) electrons. The quantitative estimate of drug-likeness (QED) is 0.647. The van der Waals surface area contributed by atoms with Crippen LogP contribution in [0.5, 0.6) is 11.5 Å². The molecule has 0 unspecified atom stereocenters. The molecule has 0 bridgehead atoms. The summed E-state index contributed by atoms with van der Waals surface area (Å²) in [7, 11) is -1.05. The van der Waals surface area contributed by atoms with Gasteiger partial charge in [0.15, 0.2) is 0 Å². The summed E-state index contributed by atoms with van der Waals surface area (Å²) in [5, 5.41) is 2.36. The Labute approximate surface area is 133 Å². The molecule has 9 nitrogen and oxygen atoms in total. The van der Waals surface area contributed by atoms with Crippen molar-refractivity contribution in [2.75, 3.05) is 33.9 Å². The van der Waals surface area contributed by atoms with E-state index < -0.39 is 22.0 Å². The van der Waals surface area contributed by atoms with Crippen molar-refractivity contribution in [1.82, 2.24) is 14.9 Å². The second kappa shape index (κ2) is 6.84. The van der Waals surface area contributed by atoms with Crippen molar-refractivity contribution in [2.24, 2.45) is 0 Å². The molecular weight excluding hydrogens is 326 g/mol. The maximum atomic E-state index is 12.3. The minimum Gasteiger partial charge on any atom is -0.497 e. The number of ether oxygens (including phenoxy) is 2. The van der Waals surface area contributed by atoms with Gasteiger partial charge >= 0.3 is 6.03 Å². The fraction of sp³-hybridized carbons (Fsp3) is 0.385. The highest BCUT2D eigenvalue weighted by Gasteiger charge is 2.28. The highest BCUT2D eigenvalue weighted by Crippen LogP contribution is 2.28. The molecule has 1 saturated heterocycles. The summed E-state index contributed by atoms with van der Waals surface area (Å²) in [6.45, 7) is -0.225. The lowest BCUT2D eigenvalue weighted by Crippen LogP contribution is -2.38. The van der Waals surface area contributed by atoms with E-state index in [9.17, 15) is 18.0 Å². The Hall–Kier alpha value is -2.33. The van der Waals surface area contributed by atoms with Gasteiger partial charge in [0.1, 0.15) is 16.4 Å². The molecule has 1 aliphatic heterocycles. The van der Waals surface area contributed by atoms with Crippen LogP contribution in [0.2, 0.25) is 0 Å². The van der Waals surface area contributed by atoms with Crippen LogP contribution in [0, 0.1) is 0 Å². The number of amides is 3. The van der Waals surface area contributed by atoms with E-state index in [0.717, 1.165) is 4.90 Å². The zero-order valence-corrected chi connectivity index (χ0v) is 13.5. The van der Waals surface area contributed by atoms with E-state index >= 15 is 0 Å². The van der Waals surface area contributed by atoms with Gasteiger partial charge in [-0.25, -0.2) is 17.9 Å². The number of urea groups is 1. The topological polar surface area (TPSA) is 114 Å². The monoisotopic (exact) mass is 343 g/mol. The van der Waals surface area contributed by atoms with Gasteiger partial charge in [0.25, 0.3) is 0 Å². The van der Waals surface area contributed by atoms with Crippen LogP contribution in [0.3, 0.4) is 0 Å². The Morgan fingerprint density at radius 1 is 1.26 bits per heavy atom. The highest BCUT2D eigenvalue weighted by molar-refractivity contribution is 7.89. The van der Waals surface area contributed by atoms with Gasteiger partial charge in [0, 0.05) is 19.2 Å². The molecule has 2 rings (SSSR count). The highest BCUT2D eigenvalue weighted by atomic mass is 32.2. The molecule has 3 amide bonds. The average molecular weight is 343 g/mol. The minimum absolute atomic E-state index is 0.0532. The van der Waals surface area contributed by atoms with Crippen LogP contribution in [-0.2, 0) is 14.8 Å². The van der Waals surface area contributed by atoms with E-state index in [-0.39, 0.29) is 30.3 Å². The fourth-order valence-electron chi connectivity index (χ4n) is 2.05. The Kier molecular flexibility index (Phi) is 5.06. The number of imide groups is 1. The largest absolute Gasteiger partial charge is 0.497 e. The number of carbonyl (C=O) groups is 2. The maximum absolute atomic E-state index is 12.3. The molecule has 0 aliphatic carbocycles. The molecule has 0 saturated carbocycles. The predicted octanol–water partition coefficient (Wildman–Crippen LogP) is -0.466. The first-order valence-corrected chi connectivity index (χ1v) is 8.17. The maximum Gasteiger partial charge on any atom is 0.324 e. The smallest absolute Gasteiger partial charge is 0.324 e. The first-order valence-electron chi connectivity index (χ1n) is 6.69. The average Bonchev–Trinajstić information content (AvgIpc) is 2.85. The number of nitrogens with zero attached hydrogens (tertiary/aromatic N) is 1. The van der Waals surface area contributed by atoms with Gasteiger partial charge in [-0.05, 0) is 12.1 Å². The summed E-state index contributed by atoms with van der Waals surface area (Å²) in [5.74, 6) is 0.197. The lowest BCUT2D eigenvalue weighted by atomic mass is 10.3. The van der Waals surface area contributed by atoms with Crippen molar-refractivity contribution in [2.45, 2.75) is 4.90 Å². The summed E-state index contributed by atoms with van der Waals surface area (Å²) < 4.78 is 37.0. The van der Waals surface area contributed by atoms with E-state index in [1.807, 2.05) is 0 Å². The van der Waals surface area contributed by atoms with E-state index in [2.05, 4.69) is 10.0 Å². The zero-order valence-electron chi connectivity index (χ0n) is 12.7. The molecule has 1 aromatic carbocycles. The van der Waals surface area contributed by atoms with Crippen LogP contribution in [0.4, 0.5) is 4.79 Å². The SMILES string of the molecule is COc1ccc(S(=O)(=O)NCCN2C(=O)CNC2=O)c(OC)c1. The van der Waals surface area contributed by atoms with E-state index in [1.54, 1.807) is 0 Å². The molecule has 10 heteroatoms. The molecule has 126 valence electrons. The second-order valence-electron chi connectivity index (χ2n) is 4.62. The summed E-state index contributed by atoms with van der Waals surface area (Å²) >= 11 is 0. The normalized spacial score (nSPS) is 14.8. The Morgan fingerprint density at radius 3 is 2.57 bits per heavy atom. The van der Waals surface area contributed by atoms with Crippen molar-refractivity contribution in [3.8, 4) is 11.5 Å². The predicted molar refractivity (Wildman–Crippen MR) is 79.8 cm³/mol. The number of carbonyl (C=O) groups excluding carboxylic acids is 2. The van der Waals surface area contributed by atoms with Crippen LogP contribution >= 0.6 is 0 Å². The molecule has 1 fully saturated rings. The molecule has 1 aromatic rings. The summed E-state index contributed by atoms with van der Waals surface area (Å²) in [6.07, 6.45) is 0. The lowest BCUT2D eigenvalue weighted by Gasteiger charge is -2.14. The Morgan fingerprint density at radius 2 is 2.00 bits per heavy atom. The first kappa shape index (κ1) is 17.0. The summed E-state index contributed by atoms with van der Waals surface area (Å²) in [4.78, 5) is 23.7. The van der Waals surface area contributed by atoms with Crippen LogP contribution in [-0.4, -0.2) is 59.1 Å². The van der Waals surface area contributed by atoms with Crippen molar-refractivity contribution < 1.29 is 27.5 Å². The third-order valence-electron chi connectivity index (χ3n) is 3.22. The van der Waals surface area contributed by atoms with Crippen LogP contribution < -0.4 is 19.5 Å². The standard InChI is InChI=1S/C13H17N3O6S/c1-21-9-3-4-11(10(7-9)22-2)23(19,20)15-5-6-16-12(17)8-14-13(16)18/h3-4,7,15H,5-6,8H2,1-2H3,(H,14,18). The van der Waals surface area contributed by atoms with Gasteiger partial charge in [-0.15, -0.1) is 0 Å². The Balaban J connectivity index is 2.07. The number of rotatable bonds is 7. The minimum atomic E-state index is -3.85. The fourth-order valence-corrected chi connectivity index (χ4v) is 3.22. The zero-order chi connectivity index (χ0) is 17.0. The van der Waals surface area contributed by atoms with Gasteiger partial charge < -0.3 is 14.8 Å². The number of methoxy groups -OCH3 is 2. The van der Waals surface area contributed by atoms with E-state index in [1.165, 1.54) is 32.4 Å².